The van der Waals surface area contributed by atoms with E-state index >= 15 is 0 Å². The molecule has 10 nitrogen and oxygen atoms in total. The van der Waals surface area contributed by atoms with Crippen LogP contribution in [0.4, 0.5) is 11.4 Å². The van der Waals surface area contributed by atoms with E-state index in [0.29, 0.717) is 5.56 Å². The number of nitro groups is 1. The Bertz CT molecular complexity index is 1410. The smallest absolute Gasteiger partial charge is 0.311 e. The molecule has 3 aromatic rings. The number of carbonyl (C=O) groups is 1. The summed E-state index contributed by atoms with van der Waals surface area (Å²) in [6, 6.07) is 14.4. The van der Waals surface area contributed by atoms with Crippen molar-refractivity contribution in [3.05, 3.63) is 92.0 Å². The molecule has 0 saturated heterocycles. The second kappa shape index (κ2) is 11.4. The number of hydrazone groups is 1. The molecule has 0 spiro atoms. The normalized spacial score (nSPS) is 11.3. The number of nitro benzene ring substituents is 1. The minimum absolute atomic E-state index is 0.0361. The van der Waals surface area contributed by atoms with Crippen LogP contribution in [-0.2, 0) is 14.8 Å². The molecule has 0 fully saturated rings. The minimum atomic E-state index is -4.19. The van der Waals surface area contributed by atoms with E-state index in [0.717, 1.165) is 9.87 Å². The number of aryl methyl sites for hydroxylation is 1. The monoisotopic (exact) mass is 550 g/mol. The molecule has 13 heteroatoms. The Balaban J connectivity index is 1.86. The summed E-state index contributed by atoms with van der Waals surface area (Å²) in [4.78, 5) is 23.2. The van der Waals surface area contributed by atoms with Crippen LogP contribution < -0.4 is 14.5 Å². The summed E-state index contributed by atoms with van der Waals surface area (Å²) in [5, 5.41) is 15.3. The number of hydrogen-bond donors (Lipinski definition) is 1. The maximum Gasteiger partial charge on any atom is 0.311 e. The number of methoxy groups -OCH3 is 1. The molecule has 0 radical (unpaired) electrons. The lowest BCUT2D eigenvalue weighted by atomic mass is 10.2. The van der Waals surface area contributed by atoms with Gasteiger partial charge in [0.25, 0.3) is 15.9 Å². The van der Waals surface area contributed by atoms with Gasteiger partial charge in [0.2, 0.25) is 0 Å². The molecule has 36 heavy (non-hydrogen) atoms. The number of benzene rings is 3. The van der Waals surface area contributed by atoms with E-state index < -0.39 is 27.4 Å². The first kappa shape index (κ1) is 26.9. The fourth-order valence-corrected chi connectivity index (χ4v) is 5.03. The third-order valence-electron chi connectivity index (χ3n) is 4.83. The number of ether oxygens (including phenoxy) is 1. The second-order valence-corrected chi connectivity index (χ2v) is 10.2. The van der Waals surface area contributed by atoms with E-state index in [1.807, 2.05) is 6.92 Å². The summed E-state index contributed by atoms with van der Waals surface area (Å²) in [6.07, 6.45) is 1.18. The van der Waals surface area contributed by atoms with Crippen molar-refractivity contribution in [2.24, 2.45) is 5.10 Å². The Morgan fingerprint density at radius 3 is 2.33 bits per heavy atom. The number of nitrogens with zero attached hydrogens (tertiary/aromatic N) is 3. The van der Waals surface area contributed by atoms with Gasteiger partial charge in [0.15, 0.2) is 5.75 Å². The first-order valence-corrected chi connectivity index (χ1v) is 12.4. The Kier molecular flexibility index (Phi) is 8.51. The molecule has 0 atom stereocenters. The van der Waals surface area contributed by atoms with E-state index in [9.17, 15) is 23.3 Å². The zero-order chi connectivity index (χ0) is 26.5. The van der Waals surface area contributed by atoms with Gasteiger partial charge in [0.05, 0.1) is 28.8 Å². The topological polar surface area (TPSA) is 131 Å². The van der Waals surface area contributed by atoms with E-state index in [1.165, 1.54) is 61.9 Å². The molecule has 0 aromatic heterocycles. The highest BCUT2D eigenvalue weighted by Crippen LogP contribution is 2.30. The number of nitrogens with one attached hydrogen (secondary N) is 1. The Labute approximate surface area is 217 Å². The molecule has 188 valence electrons. The summed E-state index contributed by atoms with van der Waals surface area (Å²) in [7, 11) is -2.88. The first-order chi connectivity index (χ1) is 17.0. The van der Waals surface area contributed by atoms with Crippen LogP contribution in [0, 0.1) is 17.0 Å². The van der Waals surface area contributed by atoms with Gasteiger partial charge in [0.1, 0.15) is 6.54 Å². The lowest BCUT2D eigenvalue weighted by molar-refractivity contribution is -0.385. The summed E-state index contributed by atoms with van der Waals surface area (Å²) < 4.78 is 32.6. The molecule has 0 aliphatic heterocycles. The van der Waals surface area contributed by atoms with Crippen LogP contribution in [0.15, 0.2) is 70.7 Å². The maximum atomic E-state index is 13.4. The summed E-state index contributed by atoms with van der Waals surface area (Å²) >= 11 is 12.1. The van der Waals surface area contributed by atoms with E-state index in [1.54, 1.807) is 12.1 Å². The first-order valence-electron chi connectivity index (χ1n) is 10.2. The molecule has 1 N–H and O–H groups in total. The average Bonchev–Trinajstić information content (AvgIpc) is 2.82. The number of rotatable bonds is 9. The van der Waals surface area contributed by atoms with Crippen molar-refractivity contribution in [2.45, 2.75) is 11.8 Å². The highest BCUT2D eigenvalue weighted by atomic mass is 35.5. The quantitative estimate of drug-likeness (QED) is 0.236. The van der Waals surface area contributed by atoms with Gasteiger partial charge in [-0.25, -0.2) is 13.8 Å². The number of sulfonamides is 1. The van der Waals surface area contributed by atoms with Crippen molar-refractivity contribution in [1.82, 2.24) is 5.43 Å². The zero-order valence-corrected chi connectivity index (χ0v) is 21.3. The van der Waals surface area contributed by atoms with Crippen molar-refractivity contribution in [1.29, 1.82) is 0 Å². The second-order valence-electron chi connectivity index (χ2n) is 7.43. The largest absolute Gasteiger partial charge is 0.490 e. The predicted molar refractivity (Wildman–Crippen MR) is 138 cm³/mol. The van der Waals surface area contributed by atoms with Gasteiger partial charge in [-0.1, -0.05) is 40.9 Å². The Morgan fingerprint density at radius 1 is 1.11 bits per heavy atom. The van der Waals surface area contributed by atoms with Crippen molar-refractivity contribution in [2.75, 3.05) is 18.0 Å². The molecule has 0 bridgehead atoms. The number of hydrogen-bond acceptors (Lipinski definition) is 7. The fraction of sp³-hybridized carbons (Fsp3) is 0.130. The lowest BCUT2D eigenvalue weighted by Crippen LogP contribution is -2.39. The Morgan fingerprint density at radius 2 is 1.75 bits per heavy atom. The van der Waals surface area contributed by atoms with Gasteiger partial charge in [-0.15, -0.1) is 0 Å². The van der Waals surface area contributed by atoms with Gasteiger partial charge in [0, 0.05) is 21.7 Å². The molecule has 0 unspecified atom stereocenters. The molecular weight excluding hydrogens is 531 g/mol. The van der Waals surface area contributed by atoms with Gasteiger partial charge in [-0.2, -0.15) is 5.10 Å². The number of carbonyl (C=O) groups excluding carboxylic acids is 1. The molecule has 3 rings (SSSR count). The van der Waals surface area contributed by atoms with Crippen LogP contribution in [0.2, 0.25) is 10.0 Å². The van der Waals surface area contributed by atoms with E-state index in [-0.39, 0.29) is 32.1 Å². The molecule has 0 saturated carbocycles. The van der Waals surface area contributed by atoms with Crippen LogP contribution in [0.1, 0.15) is 11.1 Å². The predicted octanol–water partition coefficient (Wildman–Crippen LogP) is 4.56. The summed E-state index contributed by atoms with van der Waals surface area (Å²) in [5.74, 6) is -0.709. The fourth-order valence-electron chi connectivity index (χ4n) is 3.11. The van der Waals surface area contributed by atoms with Crippen molar-refractivity contribution < 1.29 is 22.9 Å². The SMILES string of the molecule is COc1ccc(/C=N\NC(=O)CN(c2cc(Cl)cc(Cl)c2)S(=O)(=O)c2ccc(C)cc2)cc1[N+](=O)[O-]. The van der Waals surface area contributed by atoms with Crippen LogP contribution >= 0.6 is 23.2 Å². The summed E-state index contributed by atoms with van der Waals surface area (Å²) in [5.41, 5.74) is 3.20. The van der Waals surface area contributed by atoms with Crippen molar-refractivity contribution in [3.8, 4) is 5.75 Å². The van der Waals surface area contributed by atoms with E-state index in [2.05, 4.69) is 10.5 Å². The van der Waals surface area contributed by atoms with Crippen LogP contribution in [-0.4, -0.2) is 39.1 Å². The third kappa shape index (κ3) is 6.51. The number of anilines is 1. The third-order valence-corrected chi connectivity index (χ3v) is 7.06. The van der Waals surface area contributed by atoms with Gasteiger partial charge in [-0.3, -0.25) is 19.2 Å². The standard InChI is InChI=1S/C23H20Cl2N4O6S/c1-15-3-6-20(7-4-15)36(33,34)28(19-11-17(24)10-18(25)12-19)14-23(30)27-26-13-16-5-8-22(35-2)21(9-16)29(31)32/h3-13H,14H2,1-2H3,(H,27,30)/b26-13-. The molecule has 0 aliphatic rings. The minimum Gasteiger partial charge on any atom is -0.490 e. The molecule has 1 amide bonds. The maximum absolute atomic E-state index is 13.4. The van der Waals surface area contributed by atoms with Crippen molar-refractivity contribution >= 4 is 56.7 Å². The van der Waals surface area contributed by atoms with Crippen molar-refractivity contribution in [3.63, 3.8) is 0 Å². The molecule has 3 aromatic carbocycles. The molecule has 0 heterocycles. The van der Waals surface area contributed by atoms with Gasteiger partial charge >= 0.3 is 5.69 Å². The highest BCUT2D eigenvalue weighted by Gasteiger charge is 2.28. The zero-order valence-electron chi connectivity index (χ0n) is 19.0. The van der Waals surface area contributed by atoms with Gasteiger partial charge < -0.3 is 4.74 Å². The highest BCUT2D eigenvalue weighted by molar-refractivity contribution is 7.92. The number of halogens is 2. The Hall–Kier alpha value is -3.67. The molecule has 0 aliphatic carbocycles. The van der Waals surface area contributed by atoms with Crippen LogP contribution in [0.3, 0.4) is 0 Å². The number of amides is 1. The lowest BCUT2D eigenvalue weighted by Gasteiger charge is -2.24. The van der Waals surface area contributed by atoms with Crippen LogP contribution in [0.5, 0.6) is 5.75 Å². The molecular formula is C23H20Cl2N4O6S. The van der Waals surface area contributed by atoms with Crippen LogP contribution in [0.25, 0.3) is 0 Å². The average molecular weight is 551 g/mol. The van der Waals surface area contributed by atoms with E-state index in [4.69, 9.17) is 27.9 Å². The summed E-state index contributed by atoms with van der Waals surface area (Å²) in [6.45, 7) is 1.17. The van der Waals surface area contributed by atoms with Gasteiger partial charge in [-0.05, 0) is 49.4 Å².